The van der Waals surface area contributed by atoms with E-state index in [4.69, 9.17) is 0 Å². The number of hydrogen-bond donors (Lipinski definition) is 2. The third-order valence-electron chi connectivity index (χ3n) is 4.40. The number of amides is 1. The van der Waals surface area contributed by atoms with Crippen LogP contribution in [-0.2, 0) is 4.79 Å². The van der Waals surface area contributed by atoms with Crippen LogP contribution < -0.4 is 22.6 Å². The van der Waals surface area contributed by atoms with Crippen LogP contribution in [0.15, 0.2) is 12.1 Å². The Labute approximate surface area is 140 Å². The fourth-order valence-corrected chi connectivity index (χ4v) is 3.58. The SMILES string of the molecule is Cc1cc(C)c(NC(=O)C2CCC[NH+]2CC(C)C)c(C)c1.[Cl-]. The summed E-state index contributed by atoms with van der Waals surface area (Å²) in [6, 6.07) is 4.39. The molecule has 0 radical (unpaired) electrons. The third kappa shape index (κ3) is 4.47. The molecule has 22 heavy (non-hydrogen) atoms. The molecule has 1 fully saturated rings. The predicted octanol–water partition coefficient (Wildman–Crippen LogP) is -0.742. The maximum absolute atomic E-state index is 12.7. The third-order valence-corrected chi connectivity index (χ3v) is 4.40. The zero-order valence-corrected chi connectivity index (χ0v) is 15.2. The van der Waals surface area contributed by atoms with E-state index in [0.717, 1.165) is 42.7 Å². The Hall–Kier alpha value is -1.06. The van der Waals surface area contributed by atoms with Crippen LogP contribution in [0.2, 0.25) is 0 Å². The van der Waals surface area contributed by atoms with Gasteiger partial charge in [-0.15, -0.1) is 0 Å². The Morgan fingerprint density at radius 2 is 1.86 bits per heavy atom. The first kappa shape index (κ1) is 19.0. The molecule has 2 atom stereocenters. The molecular weight excluding hydrogens is 296 g/mol. The van der Waals surface area contributed by atoms with Crippen LogP contribution in [-0.4, -0.2) is 25.0 Å². The van der Waals surface area contributed by atoms with Gasteiger partial charge in [0, 0.05) is 24.4 Å². The number of rotatable bonds is 4. The van der Waals surface area contributed by atoms with Gasteiger partial charge in [0.25, 0.3) is 5.91 Å². The zero-order valence-electron chi connectivity index (χ0n) is 14.4. The molecule has 1 aliphatic heterocycles. The van der Waals surface area contributed by atoms with Crippen LogP contribution in [0.4, 0.5) is 5.69 Å². The molecule has 0 saturated carbocycles. The van der Waals surface area contributed by atoms with E-state index in [1.54, 1.807) is 0 Å². The van der Waals surface area contributed by atoms with Crippen LogP contribution in [0.5, 0.6) is 0 Å². The van der Waals surface area contributed by atoms with Crippen LogP contribution in [0.25, 0.3) is 0 Å². The summed E-state index contributed by atoms with van der Waals surface area (Å²) in [6.07, 6.45) is 2.17. The number of quaternary nitrogens is 1. The van der Waals surface area contributed by atoms with Gasteiger partial charge in [-0.05, 0) is 31.9 Å². The molecule has 2 unspecified atom stereocenters. The van der Waals surface area contributed by atoms with E-state index in [-0.39, 0.29) is 24.4 Å². The lowest BCUT2D eigenvalue weighted by Crippen LogP contribution is -3.15. The Morgan fingerprint density at radius 1 is 1.27 bits per heavy atom. The second-order valence-electron chi connectivity index (χ2n) is 6.96. The van der Waals surface area contributed by atoms with Crippen molar-refractivity contribution in [3.63, 3.8) is 0 Å². The summed E-state index contributed by atoms with van der Waals surface area (Å²) < 4.78 is 0. The van der Waals surface area contributed by atoms with Gasteiger partial charge < -0.3 is 22.6 Å². The van der Waals surface area contributed by atoms with Gasteiger partial charge in [0.05, 0.1) is 13.1 Å². The first-order valence-electron chi connectivity index (χ1n) is 8.11. The normalized spacial score (nSPS) is 20.8. The van der Waals surface area contributed by atoms with Crippen LogP contribution in [0, 0.1) is 26.7 Å². The molecular formula is C18H29ClN2O. The van der Waals surface area contributed by atoms with Crippen molar-refractivity contribution in [1.82, 2.24) is 0 Å². The van der Waals surface area contributed by atoms with Crippen LogP contribution in [0.1, 0.15) is 43.4 Å². The molecule has 1 amide bonds. The number of carbonyl (C=O) groups excluding carboxylic acids is 1. The second-order valence-corrected chi connectivity index (χ2v) is 6.96. The average molecular weight is 325 g/mol. The van der Waals surface area contributed by atoms with Crippen molar-refractivity contribution in [2.45, 2.75) is 53.5 Å². The highest BCUT2D eigenvalue weighted by molar-refractivity contribution is 5.95. The molecule has 4 heteroatoms. The van der Waals surface area contributed by atoms with Gasteiger partial charge in [0.1, 0.15) is 0 Å². The zero-order chi connectivity index (χ0) is 15.6. The molecule has 0 bridgehead atoms. The minimum Gasteiger partial charge on any atom is -1.00 e. The van der Waals surface area contributed by atoms with Crippen molar-refractivity contribution in [2.75, 3.05) is 18.4 Å². The first-order valence-corrected chi connectivity index (χ1v) is 8.11. The molecule has 1 aromatic carbocycles. The largest absolute Gasteiger partial charge is 1.00 e. The highest BCUT2D eigenvalue weighted by Gasteiger charge is 2.35. The first-order chi connectivity index (χ1) is 9.88. The van der Waals surface area contributed by atoms with Gasteiger partial charge >= 0.3 is 0 Å². The number of likely N-dealkylation sites (tertiary alicyclic amines) is 1. The van der Waals surface area contributed by atoms with Gasteiger partial charge in [-0.25, -0.2) is 0 Å². The van der Waals surface area contributed by atoms with Crippen molar-refractivity contribution in [3.8, 4) is 0 Å². The van der Waals surface area contributed by atoms with E-state index in [0.29, 0.717) is 5.92 Å². The Kier molecular flexibility index (Phi) is 6.89. The number of nitrogens with one attached hydrogen (secondary N) is 2. The molecule has 1 aromatic rings. The summed E-state index contributed by atoms with van der Waals surface area (Å²) in [7, 11) is 0. The summed E-state index contributed by atoms with van der Waals surface area (Å²) in [5.74, 6) is 0.828. The maximum atomic E-state index is 12.7. The van der Waals surface area contributed by atoms with Crippen molar-refractivity contribution in [3.05, 3.63) is 28.8 Å². The number of halogens is 1. The molecule has 2 N–H and O–H groups in total. The Bertz CT molecular complexity index is 505. The molecule has 0 aromatic heterocycles. The molecule has 124 valence electrons. The number of aryl methyl sites for hydroxylation is 3. The van der Waals surface area contributed by atoms with Crippen molar-refractivity contribution in [2.24, 2.45) is 5.92 Å². The summed E-state index contributed by atoms with van der Waals surface area (Å²) in [5, 5.41) is 3.19. The van der Waals surface area contributed by atoms with Crippen molar-refractivity contribution >= 4 is 11.6 Å². The van der Waals surface area contributed by atoms with Gasteiger partial charge in [0.15, 0.2) is 6.04 Å². The van der Waals surface area contributed by atoms with E-state index in [9.17, 15) is 4.79 Å². The second kappa shape index (κ2) is 7.98. The maximum Gasteiger partial charge on any atom is 0.282 e. The highest BCUT2D eigenvalue weighted by Crippen LogP contribution is 2.22. The van der Waals surface area contributed by atoms with E-state index >= 15 is 0 Å². The van der Waals surface area contributed by atoms with E-state index in [1.165, 1.54) is 10.5 Å². The molecule has 1 saturated heterocycles. The summed E-state index contributed by atoms with van der Waals surface area (Å²) >= 11 is 0. The number of hydrogen-bond acceptors (Lipinski definition) is 1. The fourth-order valence-electron chi connectivity index (χ4n) is 3.58. The number of anilines is 1. The minimum absolute atomic E-state index is 0. The summed E-state index contributed by atoms with van der Waals surface area (Å²) in [5.41, 5.74) is 4.56. The Morgan fingerprint density at radius 3 is 2.41 bits per heavy atom. The van der Waals surface area contributed by atoms with Crippen molar-refractivity contribution in [1.29, 1.82) is 0 Å². The van der Waals surface area contributed by atoms with Gasteiger partial charge in [-0.1, -0.05) is 31.5 Å². The number of benzene rings is 1. The van der Waals surface area contributed by atoms with Gasteiger partial charge in [0.2, 0.25) is 0 Å². The predicted molar refractivity (Wildman–Crippen MR) is 87.8 cm³/mol. The minimum atomic E-state index is 0. The summed E-state index contributed by atoms with van der Waals surface area (Å²) in [6.45, 7) is 12.9. The Balaban J connectivity index is 0.00000242. The van der Waals surface area contributed by atoms with Crippen LogP contribution >= 0.6 is 0 Å². The lowest BCUT2D eigenvalue weighted by atomic mass is 10.0. The monoisotopic (exact) mass is 324 g/mol. The lowest BCUT2D eigenvalue weighted by molar-refractivity contribution is -0.905. The molecule has 1 aliphatic rings. The highest BCUT2D eigenvalue weighted by atomic mass is 35.5. The van der Waals surface area contributed by atoms with E-state index in [2.05, 4.69) is 52.1 Å². The molecule has 2 rings (SSSR count). The molecule has 0 aliphatic carbocycles. The quantitative estimate of drug-likeness (QED) is 0.751. The molecule has 0 spiro atoms. The van der Waals surface area contributed by atoms with Crippen LogP contribution in [0.3, 0.4) is 0 Å². The number of carbonyl (C=O) groups is 1. The lowest BCUT2D eigenvalue weighted by Gasteiger charge is -2.23. The van der Waals surface area contributed by atoms with Gasteiger partial charge in [-0.3, -0.25) is 4.79 Å². The van der Waals surface area contributed by atoms with Gasteiger partial charge in [-0.2, -0.15) is 0 Å². The molecule has 3 nitrogen and oxygen atoms in total. The average Bonchev–Trinajstić information content (AvgIpc) is 2.80. The topological polar surface area (TPSA) is 33.5 Å². The fraction of sp³-hybridized carbons (Fsp3) is 0.611. The van der Waals surface area contributed by atoms with E-state index < -0.39 is 0 Å². The van der Waals surface area contributed by atoms with E-state index in [1.807, 2.05) is 0 Å². The standard InChI is InChI=1S/C18H28N2O.ClH/c1-12(2)11-20-8-6-7-16(20)18(21)19-17-14(4)9-13(3)10-15(17)5;/h9-10,12,16H,6-8,11H2,1-5H3,(H,19,21);1H. The van der Waals surface area contributed by atoms with Crippen molar-refractivity contribution < 1.29 is 22.1 Å². The molecule has 1 heterocycles. The summed E-state index contributed by atoms with van der Waals surface area (Å²) in [4.78, 5) is 14.1. The smallest absolute Gasteiger partial charge is 0.282 e.